The van der Waals surface area contributed by atoms with Gasteiger partial charge in [0.05, 0.1) is 34.5 Å². The van der Waals surface area contributed by atoms with Crippen LogP contribution in [0.25, 0.3) is 38.8 Å². The first kappa shape index (κ1) is 34.4. The maximum absolute atomic E-state index is 5.03. The van der Waals surface area contributed by atoms with E-state index in [0.717, 1.165) is 23.5 Å². The summed E-state index contributed by atoms with van der Waals surface area (Å²) in [5.41, 5.74) is 15.8. The van der Waals surface area contributed by atoms with E-state index in [1.54, 1.807) is 0 Å². The third kappa shape index (κ3) is 5.01. The molecule has 4 heteroatoms. The Bertz CT molecular complexity index is 2800. The van der Waals surface area contributed by atoms with Gasteiger partial charge in [-0.25, -0.2) is 4.98 Å². The highest BCUT2D eigenvalue weighted by molar-refractivity contribution is 6.09. The van der Waals surface area contributed by atoms with Gasteiger partial charge < -0.3 is 9.80 Å². The van der Waals surface area contributed by atoms with E-state index in [9.17, 15) is 0 Å². The third-order valence-corrected chi connectivity index (χ3v) is 12.4. The SMILES string of the molecule is CN1CN(c2cccc(C3(c4ccc5c6ccccc6n(-c6cc(C(C)(C)C)ccn6)c5c4)c4ccccc4-c4ccccc43)c2)c2cc(C(C)(C)C)ccc21. The molecule has 0 spiro atoms. The summed E-state index contributed by atoms with van der Waals surface area (Å²) in [5, 5.41) is 2.45. The van der Waals surface area contributed by atoms with Gasteiger partial charge in [-0.05, 0) is 104 Å². The molecule has 1 aliphatic heterocycles. The van der Waals surface area contributed by atoms with Crippen LogP contribution in [0.5, 0.6) is 0 Å². The first-order chi connectivity index (χ1) is 26.9. The lowest BCUT2D eigenvalue weighted by Crippen LogP contribution is -2.29. The normalized spacial score (nSPS) is 14.7. The van der Waals surface area contributed by atoms with Crippen LogP contribution in [0.1, 0.15) is 74.9 Å². The molecule has 4 nitrogen and oxygen atoms in total. The molecule has 10 rings (SSSR count). The molecule has 0 saturated heterocycles. The number of fused-ring (bicyclic) bond motifs is 7. The number of anilines is 3. The van der Waals surface area contributed by atoms with Crippen molar-refractivity contribution in [3.63, 3.8) is 0 Å². The lowest BCUT2D eigenvalue weighted by Gasteiger charge is -2.35. The molecule has 3 heterocycles. The summed E-state index contributed by atoms with van der Waals surface area (Å²) >= 11 is 0. The molecule has 276 valence electrons. The number of para-hydroxylation sites is 1. The van der Waals surface area contributed by atoms with Gasteiger partial charge in [-0.1, -0.05) is 139 Å². The van der Waals surface area contributed by atoms with E-state index in [-0.39, 0.29) is 10.8 Å². The van der Waals surface area contributed by atoms with Crippen LogP contribution in [-0.4, -0.2) is 23.3 Å². The molecule has 0 N–H and O–H groups in total. The van der Waals surface area contributed by atoms with Crippen LogP contribution in [0, 0.1) is 0 Å². The smallest absolute Gasteiger partial charge is 0.137 e. The Morgan fingerprint density at radius 1 is 0.536 bits per heavy atom. The molecule has 2 aliphatic rings. The molecule has 1 aliphatic carbocycles. The van der Waals surface area contributed by atoms with Crippen LogP contribution in [0.2, 0.25) is 0 Å². The predicted molar refractivity (Wildman–Crippen MR) is 235 cm³/mol. The highest BCUT2D eigenvalue weighted by atomic mass is 15.4. The molecular weight excluding hydrogens is 681 g/mol. The largest absolute Gasteiger partial charge is 0.355 e. The number of nitrogens with zero attached hydrogens (tertiary/aromatic N) is 4. The molecule has 0 amide bonds. The molecule has 0 unspecified atom stereocenters. The first-order valence-corrected chi connectivity index (χ1v) is 19.9. The maximum Gasteiger partial charge on any atom is 0.137 e. The summed E-state index contributed by atoms with van der Waals surface area (Å²) < 4.78 is 2.38. The van der Waals surface area contributed by atoms with Crippen LogP contribution >= 0.6 is 0 Å². The third-order valence-electron chi connectivity index (χ3n) is 12.4. The molecule has 2 aromatic heterocycles. The van der Waals surface area contributed by atoms with Gasteiger partial charge >= 0.3 is 0 Å². The molecule has 0 bridgehead atoms. The Morgan fingerprint density at radius 2 is 1.18 bits per heavy atom. The molecule has 8 aromatic rings. The Morgan fingerprint density at radius 3 is 1.91 bits per heavy atom. The Hall–Kier alpha value is -6.13. The van der Waals surface area contributed by atoms with Gasteiger partial charge in [-0.2, -0.15) is 0 Å². The maximum atomic E-state index is 5.03. The van der Waals surface area contributed by atoms with Crippen molar-refractivity contribution in [2.75, 3.05) is 23.5 Å². The predicted octanol–water partition coefficient (Wildman–Crippen LogP) is 12.7. The van der Waals surface area contributed by atoms with Gasteiger partial charge in [0, 0.05) is 29.7 Å². The van der Waals surface area contributed by atoms with E-state index in [0.29, 0.717) is 0 Å². The zero-order valence-corrected chi connectivity index (χ0v) is 33.4. The van der Waals surface area contributed by atoms with Crippen LogP contribution in [0.15, 0.2) is 152 Å². The monoisotopic (exact) mass is 728 g/mol. The van der Waals surface area contributed by atoms with E-state index in [2.05, 4.69) is 209 Å². The van der Waals surface area contributed by atoms with Gasteiger partial charge in [0.2, 0.25) is 0 Å². The standard InChI is InChI=1S/C52H48N4/c1-50(2,3)34-24-26-46-48(30-34)55(33-54(46)7)38-16-14-15-36(29-38)52(43-20-11-8-17-39(43)40-18-9-12-21-44(40)52)37-23-25-42-41-19-10-13-22-45(41)56(47(42)31-37)49-32-35(27-28-53-49)51(4,5)6/h8-32H,33H2,1-7H3. The fourth-order valence-corrected chi connectivity index (χ4v) is 9.50. The van der Waals surface area contributed by atoms with Gasteiger partial charge in [0.1, 0.15) is 5.82 Å². The van der Waals surface area contributed by atoms with Crippen molar-refractivity contribution in [2.45, 2.75) is 57.8 Å². The van der Waals surface area contributed by atoms with Crippen molar-refractivity contribution < 1.29 is 0 Å². The van der Waals surface area contributed by atoms with E-state index < -0.39 is 5.41 Å². The topological polar surface area (TPSA) is 24.3 Å². The Balaban J connectivity index is 1.25. The fourth-order valence-electron chi connectivity index (χ4n) is 9.50. The van der Waals surface area contributed by atoms with Crippen molar-refractivity contribution in [3.8, 4) is 16.9 Å². The van der Waals surface area contributed by atoms with Crippen molar-refractivity contribution in [3.05, 3.63) is 185 Å². The van der Waals surface area contributed by atoms with Crippen LogP contribution < -0.4 is 9.80 Å². The minimum absolute atomic E-state index is 0.00702. The Labute approximate surface area is 330 Å². The fraction of sp³-hybridized carbons (Fsp3) is 0.212. The molecule has 0 atom stereocenters. The average Bonchev–Trinajstić information content (AvgIpc) is 3.82. The molecule has 56 heavy (non-hydrogen) atoms. The van der Waals surface area contributed by atoms with Crippen molar-refractivity contribution in [1.29, 1.82) is 0 Å². The number of aromatic nitrogens is 2. The molecule has 0 fully saturated rings. The molecule has 0 saturated carbocycles. The summed E-state index contributed by atoms with van der Waals surface area (Å²) in [4.78, 5) is 9.88. The summed E-state index contributed by atoms with van der Waals surface area (Å²) in [5.74, 6) is 0.940. The number of pyridine rings is 1. The number of rotatable bonds is 4. The van der Waals surface area contributed by atoms with Crippen LogP contribution in [0.3, 0.4) is 0 Å². The second kappa shape index (κ2) is 12.2. The zero-order chi connectivity index (χ0) is 38.6. The van der Waals surface area contributed by atoms with Crippen molar-refractivity contribution in [1.82, 2.24) is 9.55 Å². The molecule has 0 radical (unpaired) electrons. The lowest BCUT2D eigenvalue weighted by atomic mass is 9.67. The quantitative estimate of drug-likeness (QED) is 0.180. The average molecular weight is 729 g/mol. The van der Waals surface area contributed by atoms with Gasteiger partial charge in [0.25, 0.3) is 0 Å². The van der Waals surface area contributed by atoms with Gasteiger partial charge in [-0.15, -0.1) is 0 Å². The lowest BCUT2D eigenvalue weighted by molar-refractivity contribution is 0.588. The van der Waals surface area contributed by atoms with Crippen LogP contribution in [-0.2, 0) is 16.2 Å². The summed E-state index contributed by atoms with van der Waals surface area (Å²) in [6.45, 7) is 14.5. The van der Waals surface area contributed by atoms with E-state index in [1.807, 2.05) is 6.20 Å². The van der Waals surface area contributed by atoms with Crippen molar-refractivity contribution in [2.24, 2.45) is 0 Å². The van der Waals surface area contributed by atoms with E-state index >= 15 is 0 Å². The number of hydrogen-bond acceptors (Lipinski definition) is 3. The van der Waals surface area contributed by atoms with Gasteiger partial charge in [0.15, 0.2) is 0 Å². The first-order valence-electron chi connectivity index (χ1n) is 19.9. The van der Waals surface area contributed by atoms with E-state index in [4.69, 9.17) is 4.98 Å². The summed E-state index contributed by atoms with van der Waals surface area (Å²) in [7, 11) is 2.20. The minimum Gasteiger partial charge on any atom is -0.355 e. The second-order valence-corrected chi connectivity index (χ2v) is 17.8. The minimum atomic E-state index is -0.568. The second-order valence-electron chi connectivity index (χ2n) is 17.8. The summed E-state index contributed by atoms with van der Waals surface area (Å²) in [6.07, 6.45) is 1.97. The molecule has 6 aromatic carbocycles. The van der Waals surface area contributed by atoms with Gasteiger partial charge in [-0.3, -0.25) is 4.57 Å². The number of hydrogen-bond donors (Lipinski definition) is 0. The van der Waals surface area contributed by atoms with E-state index in [1.165, 1.54) is 72.3 Å². The summed E-state index contributed by atoms with van der Waals surface area (Å²) in [6, 6.07) is 54.8. The van der Waals surface area contributed by atoms with Crippen molar-refractivity contribution >= 4 is 38.9 Å². The molecular formula is C52H48N4. The zero-order valence-electron chi connectivity index (χ0n) is 33.4. The Kier molecular flexibility index (Phi) is 7.48. The van der Waals surface area contributed by atoms with Crippen LogP contribution in [0.4, 0.5) is 17.1 Å². The highest BCUT2D eigenvalue weighted by Crippen LogP contribution is 2.57. The highest BCUT2D eigenvalue weighted by Gasteiger charge is 2.46. The number of benzene rings is 6.